The predicted octanol–water partition coefficient (Wildman–Crippen LogP) is 2.75. The van der Waals surface area contributed by atoms with E-state index in [9.17, 15) is 4.57 Å². The molecule has 0 fully saturated rings. The summed E-state index contributed by atoms with van der Waals surface area (Å²) in [5.41, 5.74) is 0. The number of halogens is 2. The maximum absolute atomic E-state index is 11.0. The molecule has 6 heteroatoms. The molecular weight excluding hydrogens is 210 g/mol. The van der Waals surface area contributed by atoms with E-state index in [4.69, 9.17) is 32.6 Å². The second-order valence-electron chi connectivity index (χ2n) is 2.17. The summed E-state index contributed by atoms with van der Waals surface area (Å²) < 4.78 is 14.3. The minimum Gasteiger partial charge on any atom is -0.322 e. The Morgan fingerprint density at radius 3 is 2.36 bits per heavy atom. The third kappa shape index (κ3) is 4.34. The van der Waals surface area contributed by atoms with Crippen molar-refractivity contribution >= 4 is 30.8 Å². The smallest absolute Gasteiger partial charge is 0.322 e. The molecular formula is C5H11Cl2O3P. The first-order chi connectivity index (χ1) is 4.90. The summed E-state index contributed by atoms with van der Waals surface area (Å²) in [5.74, 6) is 0. The first-order valence-corrected chi connectivity index (χ1v) is 5.71. The largest absolute Gasteiger partial charge is 0.361 e. The van der Waals surface area contributed by atoms with Gasteiger partial charge in [-0.15, -0.1) is 0 Å². The second kappa shape index (κ2) is 4.68. The Labute approximate surface area is 76.2 Å². The van der Waals surface area contributed by atoms with Crippen molar-refractivity contribution in [3.8, 4) is 0 Å². The van der Waals surface area contributed by atoms with E-state index in [1.54, 1.807) is 6.92 Å². The van der Waals surface area contributed by atoms with E-state index < -0.39 is 12.2 Å². The van der Waals surface area contributed by atoms with Gasteiger partial charge >= 0.3 is 7.60 Å². The van der Waals surface area contributed by atoms with E-state index in [-0.39, 0.29) is 6.10 Å². The van der Waals surface area contributed by atoms with Gasteiger partial charge in [-0.3, -0.25) is 4.57 Å². The van der Waals surface area contributed by atoms with Crippen LogP contribution in [0, 0.1) is 0 Å². The van der Waals surface area contributed by atoms with E-state index in [0.29, 0.717) is 6.42 Å². The van der Waals surface area contributed by atoms with Crippen molar-refractivity contribution in [2.24, 2.45) is 0 Å². The highest BCUT2D eigenvalue weighted by Crippen LogP contribution is 2.52. The molecule has 0 aliphatic rings. The minimum absolute atomic E-state index is 0.300. The molecule has 0 rings (SSSR count). The predicted molar refractivity (Wildman–Crippen MR) is 46.2 cm³/mol. The molecule has 1 N–H and O–H groups in total. The summed E-state index contributed by atoms with van der Waals surface area (Å²) in [6.45, 7) is 3.52. The highest BCUT2D eigenvalue weighted by Gasteiger charge is 2.30. The van der Waals surface area contributed by atoms with Gasteiger partial charge in [0, 0.05) is 0 Å². The van der Waals surface area contributed by atoms with Crippen LogP contribution in [0.2, 0.25) is 0 Å². The number of hydrogen-bond donors (Lipinski definition) is 1. The van der Waals surface area contributed by atoms with Gasteiger partial charge < -0.3 is 9.42 Å². The molecule has 0 heterocycles. The molecule has 0 spiro atoms. The van der Waals surface area contributed by atoms with Gasteiger partial charge in [-0.05, 0) is 13.3 Å². The monoisotopic (exact) mass is 220 g/mol. The Balaban J connectivity index is 4.02. The molecule has 0 saturated heterocycles. The fourth-order valence-corrected chi connectivity index (χ4v) is 1.41. The van der Waals surface area contributed by atoms with Gasteiger partial charge in [0.25, 0.3) is 0 Å². The normalized spacial score (nSPS) is 19.8. The summed E-state index contributed by atoms with van der Waals surface area (Å²) in [6, 6.07) is 0. The first kappa shape index (κ1) is 11.7. The van der Waals surface area contributed by atoms with Gasteiger partial charge in [-0.25, -0.2) is 0 Å². The van der Waals surface area contributed by atoms with Crippen LogP contribution in [-0.4, -0.2) is 15.6 Å². The highest BCUT2D eigenvalue weighted by atomic mass is 35.5. The van der Waals surface area contributed by atoms with Crippen molar-refractivity contribution in [2.75, 3.05) is 0 Å². The average molecular weight is 221 g/mol. The average Bonchev–Trinajstić information content (AvgIpc) is 1.86. The van der Waals surface area contributed by atoms with Crippen molar-refractivity contribution in [1.29, 1.82) is 0 Å². The van der Waals surface area contributed by atoms with Gasteiger partial charge in [0.15, 0.2) is 0 Å². The molecule has 11 heavy (non-hydrogen) atoms. The molecule has 0 aliphatic carbocycles. The molecule has 2 unspecified atom stereocenters. The second-order valence-corrected chi connectivity index (χ2v) is 5.73. The van der Waals surface area contributed by atoms with Gasteiger partial charge in [-0.1, -0.05) is 30.1 Å². The van der Waals surface area contributed by atoms with Crippen molar-refractivity contribution < 1.29 is 14.0 Å². The van der Waals surface area contributed by atoms with E-state index in [1.165, 1.54) is 0 Å². The van der Waals surface area contributed by atoms with Crippen molar-refractivity contribution in [3.63, 3.8) is 0 Å². The Bertz CT molecular complexity index is 162. The van der Waals surface area contributed by atoms with E-state index in [0.717, 1.165) is 0 Å². The van der Waals surface area contributed by atoms with E-state index in [2.05, 4.69) is 0 Å². The quantitative estimate of drug-likeness (QED) is 0.586. The molecule has 0 aliphatic heterocycles. The highest BCUT2D eigenvalue weighted by molar-refractivity contribution is 7.57. The molecule has 2 atom stereocenters. The third-order valence-electron chi connectivity index (χ3n) is 1.15. The van der Waals surface area contributed by atoms with E-state index >= 15 is 0 Å². The Morgan fingerprint density at radius 2 is 2.09 bits per heavy atom. The van der Waals surface area contributed by atoms with Crippen LogP contribution in [0.5, 0.6) is 0 Å². The molecule has 0 aromatic heterocycles. The Hall–Kier alpha value is 0.730. The zero-order valence-corrected chi connectivity index (χ0v) is 8.73. The maximum Gasteiger partial charge on any atom is 0.361 e. The van der Waals surface area contributed by atoms with Crippen LogP contribution in [0.1, 0.15) is 20.3 Å². The SMILES string of the molecule is CCC(C)OP(=O)(O)C(Cl)Cl. The molecule has 3 nitrogen and oxygen atoms in total. The lowest BCUT2D eigenvalue weighted by molar-refractivity contribution is 0.187. The van der Waals surface area contributed by atoms with E-state index in [1.807, 2.05) is 6.92 Å². The zero-order valence-electron chi connectivity index (χ0n) is 6.33. The molecule has 68 valence electrons. The van der Waals surface area contributed by atoms with Crippen LogP contribution in [0.3, 0.4) is 0 Å². The molecule has 0 bridgehead atoms. The lowest BCUT2D eigenvalue weighted by Gasteiger charge is -2.16. The zero-order chi connectivity index (χ0) is 9.07. The van der Waals surface area contributed by atoms with Crippen molar-refractivity contribution in [1.82, 2.24) is 0 Å². The number of hydrogen-bond acceptors (Lipinski definition) is 2. The number of rotatable bonds is 4. The summed E-state index contributed by atoms with van der Waals surface area (Å²) in [5, 5.41) is 0. The van der Waals surface area contributed by atoms with Crippen LogP contribution in [0.4, 0.5) is 0 Å². The molecule has 0 radical (unpaired) electrons. The Morgan fingerprint density at radius 1 is 1.64 bits per heavy atom. The molecule has 0 aromatic carbocycles. The van der Waals surface area contributed by atoms with Crippen molar-refractivity contribution in [2.45, 2.75) is 30.9 Å². The van der Waals surface area contributed by atoms with Crippen molar-refractivity contribution in [3.05, 3.63) is 0 Å². The van der Waals surface area contributed by atoms with Gasteiger partial charge in [0.2, 0.25) is 4.58 Å². The van der Waals surface area contributed by atoms with Crippen LogP contribution in [0.25, 0.3) is 0 Å². The maximum atomic E-state index is 11.0. The van der Waals surface area contributed by atoms with Gasteiger partial charge in [0.1, 0.15) is 0 Å². The molecule has 0 aromatic rings. The van der Waals surface area contributed by atoms with Gasteiger partial charge in [0.05, 0.1) is 6.10 Å². The van der Waals surface area contributed by atoms with Gasteiger partial charge in [-0.2, -0.15) is 0 Å². The van der Waals surface area contributed by atoms with Crippen LogP contribution in [0.15, 0.2) is 0 Å². The third-order valence-corrected chi connectivity index (χ3v) is 3.79. The summed E-state index contributed by atoms with van der Waals surface area (Å²) >= 11 is 10.4. The summed E-state index contributed by atoms with van der Waals surface area (Å²) in [6.07, 6.45) is 0.344. The number of alkyl halides is 2. The van der Waals surface area contributed by atoms with Crippen LogP contribution in [-0.2, 0) is 9.09 Å². The lowest BCUT2D eigenvalue weighted by atomic mass is 10.3. The van der Waals surface area contributed by atoms with Crippen LogP contribution >= 0.6 is 30.8 Å². The first-order valence-electron chi connectivity index (χ1n) is 3.19. The fourth-order valence-electron chi connectivity index (χ4n) is 0.378. The fraction of sp³-hybridized carbons (Fsp3) is 1.00. The Kier molecular flexibility index (Phi) is 4.99. The minimum atomic E-state index is -3.81. The molecule has 0 amide bonds. The lowest BCUT2D eigenvalue weighted by Crippen LogP contribution is -2.07. The summed E-state index contributed by atoms with van der Waals surface area (Å²) in [7, 11) is -3.81. The topological polar surface area (TPSA) is 46.5 Å². The molecule has 0 saturated carbocycles. The van der Waals surface area contributed by atoms with Crippen LogP contribution < -0.4 is 0 Å². The standard InChI is InChI=1S/C5H11Cl2O3P/c1-3-4(2)10-11(8,9)5(6)7/h4-5H,3H2,1-2H3,(H,8,9). The summed E-state index contributed by atoms with van der Waals surface area (Å²) in [4.78, 5) is 8.96.